The molecule has 4 aromatic heterocycles. The number of hydrogen-bond donors (Lipinski definition) is 2. The van der Waals surface area contributed by atoms with Crippen molar-refractivity contribution in [3.8, 4) is 22.0 Å². The predicted octanol–water partition coefficient (Wildman–Crippen LogP) is 4.53. The van der Waals surface area contributed by atoms with Crippen molar-refractivity contribution in [2.24, 2.45) is 0 Å². The molecule has 40 heavy (non-hydrogen) atoms. The second kappa shape index (κ2) is 12.3. The molecule has 13 nitrogen and oxygen atoms in total. The Morgan fingerprint density at radius 2 is 2.17 bits per heavy atom. The summed E-state index contributed by atoms with van der Waals surface area (Å²) in [5, 5.41) is 14.0. The average molecular weight is 586 g/mol. The maximum absolute atomic E-state index is 13.2. The Morgan fingerprint density at radius 1 is 1.32 bits per heavy atom. The van der Waals surface area contributed by atoms with Gasteiger partial charge in [-0.2, -0.15) is 10.2 Å². The van der Waals surface area contributed by atoms with Crippen molar-refractivity contribution in [2.75, 3.05) is 18.5 Å². The van der Waals surface area contributed by atoms with E-state index in [2.05, 4.69) is 27.0 Å². The standard InChI is InChI=1S/C25H28N7O6PS/c1-3-9-37-39(34,35)38-16-31-13-17(12-27-31)25-29-22(15-40-25)24(33)28-21-14-32(18-10-19(11-18)36-4-2)30-23(21)20-7-5-6-8-26-20/h3,5-8,12-15,18-19H,1,4,9-11,16H2,2H3,(H,28,33)(H,34,35)/t18-,19+. The Balaban J connectivity index is 1.27. The molecule has 210 valence electrons. The number of ether oxygens (including phenoxy) is 1. The van der Waals surface area contributed by atoms with Crippen LogP contribution in [-0.4, -0.2) is 59.6 Å². The van der Waals surface area contributed by atoms with E-state index < -0.39 is 13.7 Å². The lowest BCUT2D eigenvalue weighted by molar-refractivity contribution is -0.0226. The molecule has 0 bridgehead atoms. The van der Waals surface area contributed by atoms with E-state index in [9.17, 15) is 14.3 Å². The quantitative estimate of drug-likeness (QED) is 0.169. The van der Waals surface area contributed by atoms with Crippen LogP contribution in [-0.2, 0) is 25.1 Å². The Bertz CT molecular complexity index is 1510. The van der Waals surface area contributed by atoms with Crippen molar-refractivity contribution < 1.29 is 28.0 Å². The number of anilines is 1. The fraction of sp³-hybridized carbons (Fsp3) is 0.320. The van der Waals surface area contributed by atoms with Crippen LogP contribution in [0.25, 0.3) is 22.0 Å². The van der Waals surface area contributed by atoms with Crippen LogP contribution in [0.4, 0.5) is 5.69 Å². The Labute approximate surface area is 234 Å². The zero-order valence-electron chi connectivity index (χ0n) is 21.6. The minimum Gasteiger partial charge on any atom is -0.378 e. The lowest BCUT2D eigenvalue weighted by atomic mass is 9.89. The van der Waals surface area contributed by atoms with E-state index in [1.165, 1.54) is 28.3 Å². The molecule has 1 fully saturated rings. The van der Waals surface area contributed by atoms with Crippen molar-refractivity contribution in [3.05, 3.63) is 66.7 Å². The summed E-state index contributed by atoms with van der Waals surface area (Å²) in [4.78, 5) is 31.7. The van der Waals surface area contributed by atoms with Crippen LogP contribution in [0.15, 0.2) is 61.0 Å². The first-order valence-corrected chi connectivity index (χ1v) is 14.9. The molecule has 0 spiro atoms. The maximum Gasteiger partial charge on any atom is 0.474 e. The number of phosphoric ester groups is 1. The fourth-order valence-corrected chi connectivity index (χ4v) is 5.45. The molecule has 1 aliphatic carbocycles. The largest absolute Gasteiger partial charge is 0.474 e. The van der Waals surface area contributed by atoms with Crippen LogP contribution < -0.4 is 5.32 Å². The summed E-state index contributed by atoms with van der Waals surface area (Å²) >= 11 is 1.26. The number of amides is 1. The number of rotatable bonds is 13. The summed E-state index contributed by atoms with van der Waals surface area (Å²) < 4.78 is 30.3. The van der Waals surface area contributed by atoms with Gasteiger partial charge in [-0.15, -0.1) is 17.9 Å². The minimum absolute atomic E-state index is 0.124. The Hall–Kier alpha value is -3.52. The zero-order chi connectivity index (χ0) is 28.1. The Kier molecular flexibility index (Phi) is 8.64. The molecular weight excluding hydrogens is 557 g/mol. The second-order valence-corrected chi connectivity index (χ2v) is 11.2. The number of hydrogen-bond acceptors (Lipinski definition) is 10. The second-order valence-electron chi connectivity index (χ2n) is 8.86. The van der Waals surface area contributed by atoms with E-state index in [-0.39, 0.29) is 31.2 Å². The highest BCUT2D eigenvalue weighted by atomic mass is 32.1. The molecule has 4 aromatic rings. The lowest BCUT2D eigenvalue weighted by Gasteiger charge is -2.34. The molecule has 1 atom stereocenters. The first-order valence-electron chi connectivity index (χ1n) is 12.5. The van der Waals surface area contributed by atoms with Gasteiger partial charge < -0.3 is 14.9 Å². The minimum atomic E-state index is -4.23. The van der Waals surface area contributed by atoms with Crippen molar-refractivity contribution >= 4 is 30.8 Å². The molecule has 0 saturated heterocycles. The van der Waals surface area contributed by atoms with Crippen molar-refractivity contribution in [1.29, 1.82) is 0 Å². The third-order valence-corrected chi connectivity index (χ3v) is 7.87. The van der Waals surface area contributed by atoms with Crippen molar-refractivity contribution in [3.63, 3.8) is 0 Å². The summed E-state index contributed by atoms with van der Waals surface area (Å²) in [5.41, 5.74) is 2.59. The molecule has 4 heterocycles. The summed E-state index contributed by atoms with van der Waals surface area (Å²) in [6, 6.07) is 5.72. The van der Waals surface area contributed by atoms with Crippen LogP contribution >= 0.6 is 19.2 Å². The molecule has 1 amide bonds. The van der Waals surface area contributed by atoms with Crippen LogP contribution in [0.3, 0.4) is 0 Å². The number of aromatic nitrogens is 6. The van der Waals surface area contributed by atoms with Gasteiger partial charge in [0.15, 0.2) is 6.73 Å². The monoisotopic (exact) mass is 585 g/mol. The summed E-state index contributed by atoms with van der Waals surface area (Å²) in [6.45, 7) is 5.65. The van der Waals surface area contributed by atoms with Gasteiger partial charge in [0, 0.05) is 36.1 Å². The molecule has 0 radical (unpaired) electrons. The smallest absolute Gasteiger partial charge is 0.378 e. The first kappa shape index (κ1) is 28.0. The van der Waals surface area contributed by atoms with E-state index >= 15 is 0 Å². The highest BCUT2D eigenvalue weighted by Crippen LogP contribution is 2.43. The van der Waals surface area contributed by atoms with Gasteiger partial charge in [0.25, 0.3) is 5.91 Å². The average Bonchev–Trinajstić information content (AvgIpc) is 3.69. The van der Waals surface area contributed by atoms with Gasteiger partial charge >= 0.3 is 7.82 Å². The maximum atomic E-state index is 13.2. The SMILES string of the molecule is C=CCOP(=O)(O)OCn1cc(-c2nc(C(=O)Nc3cn([C@H]4C[C@@H](OCC)C4)nc3-c3ccccn3)cs2)cn1. The summed E-state index contributed by atoms with van der Waals surface area (Å²) in [5.74, 6) is -0.392. The molecule has 1 unspecified atom stereocenters. The van der Waals surface area contributed by atoms with E-state index in [4.69, 9.17) is 18.9 Å². The van der Waals surface area contributed by atoms with Crippen molar-refractivity contribution in [1.82, 2.24) is 29.5 Å². The van der Waals surface area contributed by atoms with Gasteiger partial charge in [-0.1, -0.05) is 12.1 Å². The first-order chi connectivity index (χ1) is 19.3. The molecule has 5 rings (SSSR count). The van der Waals surface area contributed by atoms with E-state index in [1.807, 2.05) is 36.0 Å². The van der Waals surface area contributed by atoms with E-state index in [0.717, 1.165) is 12.8 Å². The van der Waals surface area contributed by atoms with Gasteiger partial charge in [0.05, 0.1) is 36.3 Å². The third-order valence-electron chi connectivity index (χ3n) is 6.06. The van der Waals surface area contributed by atoms with Crippen LogP contribution in [0.1, 0.15) is 36.3 Å². The van der Waals surface area contributed by atoms with Crippen LogP contribution in [0.5, 0.6) is 0 Å². The molecule has 1 saturated carbocycles. The van der Waals surface area contributed by atoms with Gasteiger partial charge in [-0.05, 0) is 31.9 Å². The Morgan fingerprint density at radius 3 is 2.92 bits per heavy atom. The normalized spacial score (nSPS) is 18.1. The molecule has 2 N–H and O–H groups in total. The molecule has 0 aliphatic heterocycles. The topological polar surface area (TPSA) is 156 Å². The van der Waals surface area contributed by atoms with E-state index in [0.29, 0.717) is 34.3 Å². The number of carbonyl (C=O) groups is 1. The highest BCUT2D eigenvalue weighted by Gasteiger charge is 2.32. The third kappa shape index (κ3) is 6.61. The molecular formula is C25H28N7O6PS. The molecule has 15 heteroatoms. The summed E-state index contributed by atoms with van der Waals surface area (Å²) in [7, 11) is -4.23. The fourth-order valence-electron chi connectivity index (χ4n) is 4.05. The number of carbonyl (C=O) groups excluding carboxylic acids is 1. The number of nitrogens with one attached hydrogen (secondary N) is 1. The zero-order valence-corrected chi connectivity index (χ0v) is 23.3. The van der Waals surface area contributed by atoms with E-state index in [1.54, 1.807) is 17.8 Å². The van der Waals surface area contributed by atoms with Gasteiger partial charge in [-0.3, -0.25) is 23.5 Å². The summed E-state index contributed by atoms with van der Waals surface area (Å²) in [6.07, 6.45) is 9.89. The highest BCUT2D eigenvalue weighted by molar-refractivity contribution is 7.47. The van der Waals surface area contributed by atoms with Crippen LogP contribution in [0, 0.1) is 0 Å². The number of nitrogens with zero attached hydrogens (tertiary/aromatic N) is 6. The number of thiazole rings is 1. The van der Waals surface area contributed by atoms with Crippen molar-refractivity contribution in [2.45, 2.75) is 38.6 Å². The number of phosphoric acid groups is 1. The van der Waals surface area contributed by atoms with Gasteiger partial charge in [0.1, 0.15) is 16.4 Å². The molecule has 1 aliphatic rings. The lowest BCUT2D eigenvalue weighted by Crippen LogP contribution is -2.33. The molecule has 0 aromatic carbocycles. The van der Waals surface area contributed by atoms with Crippen LogP contribution in [0.2, 0.25) is 0 Å². The van der Waals surface area contributed by atoms with Gasteiger partial charge in [0.2, 0.25) is 0 Å². The predicted molar refractivity (Wildman–Crippen MR) is 147 cm³/mol. The number of pyridine rings is 1. The van der Waals surface area contributed by atoms with Gasteiger partial charge in [-0.25, -0.2) is 14.2 Å².